The number of carbonyl (C=O) groups excluding carboxylic acids is 1. The fourth-order valence-corrected chi connectivity index (χ4v) is 5.12. The van der Waals surface area contributed by atoms with Crippen molar-refractivity contribution < 1.29 is 32.2 Å². The summed E-state index contributed by atoms with van der Waals surface area (Å²) in [4.78, 5) is 24.8. The quantitative estimate of drug-likeness (QED) is 0.576. The Bertz CT molecular complexity index is 1310. The molecule has 9 nitrogen and oxygen atoms in total. The molecule has 2 N–H and O–H groups in total. The number of benzene rings is 2. The maximum Gasteiger partial charge on any atom is 0.258 e. The van der Waals surface area contributed by atoms with Crippen molar-refractivity contribution >= 4 is 37.7 Å². The van der Waals surface area contributed by atoms with E-state index >= 15 is 0 Å². The van der Waals surface area contributed by atoms with Crippen molar-refractivity contribution in [1.29, 1.82) is 0 Å². The van der Waals surface area contributed by atoms with Crippen molar-refractivity contribution in [3.8, 4) is 17.2 Å². The minimum Gasteiger partial charge on any atom is -0.507 e. The highest BCUT2D eigenvalue weighted by Gasteiger charge is 2.29. The number of hydrogen-bond donors (Lipinski definition) is 2. The van der Waals surface area contributed by atoms with Crippen LogP contribution in [-0.2, 0) is 14.6 Å². The molecular formula is C20H19NO8S. The molecule has 1 aliphatic heterocycles. The van der Waals surface area contributed by atoms with Gasteiger partial charge in [0.1, 0.15) is 33.8 Å². The summed E-state index contributed by atoms with van der Waals surface area (Å²) in [7, 11) is -1.62. The molecule has 1 fully saturated rings. The Hall–Kier alpha value is -3.27. The Kier molecular flexibility index (Phi) is 5.02. The molecule has 2 heterocycles. The highest BCUT2D eigenvalue weighted by Crippen LogP contribution is 2.31. The molecule has 0 spiro atoms. The lowest BCUT2D eigenvalue weighted by Crippen LogP contribution is -2.38. The first-order valence-corrected chi connectivity index (χ1v) is 11.0. The number of carbonyl (C=O) groups is 1. The smallest absolute Gasteiger partial charge is 0.258 e. The van der Waals surface area contributed by atoms with Crippen LogP contribution in [0, 0.1) is 0 Å². The first kappa shape index (κ1) is 20.0. The number of sulfone groups is 1. The highest BCUT2D eigenvalue weighted by molar-refractivity contribution is 7.91. The van der Waals surface area contributed by atoms with E-state index in [0.29, 0.717) is 17.8 Å². The second-order valence-electron chi connectivity index (χ2n) is 7.06. The molecule has 1 atom stereocenters. The van der Waals surface area contributed by atoms with Gasteiger partial charge in [-0.15, -0.1) is 0 Å². The topological polar surface area (TPSA) is 132 Å². The Balaban J connectivity index is 1.56. The number of phenols is 1. The second kappa shape index (κ2) is 7.52. The molecule has 1 saturated heterocycles. The summed E-state index contributed by atoms with van der Waals surface area (Å²) >= 11 is 0. The van der Waals surface area contributed by atoms with Crippen LogP contribution in [0.1, 0.15) is 6.42 Å². The van der Waals surface area contributed by atoms with Gasteiger partial charge in [-0.3, -0.25) is 9.59 Å². The lowest BCUT2D eigenvalue weighted by Gasteiger charge is -2.12. The predicted octanol–water partition coefficient (Wildman–Crippen LogP) is 1.34. The molecule has 0 radical (unpaired) electrons. The molecule has 1 aromatic heterocycles. The van der Waals surface area contributed by atoms with Gasteiger partial charge in [-0.2, -0.15) is 0 Å². The van der Waals surface area contributed by atoms with Crippen LogP contribution < -0.4 is 20.2 Å². The minimum absolute atomic E-state index is 0.0104. The highest BCUT2D eigenvalue weighted by atomic mass is 32.2. The predicted molar refractivity (Wildman–Crippen MR) is 109 cm³/mol. The summed E-state index contributed by atoms with van der Waals surface area (Å²) in [5.41, 5.74) is -0.00520. The lowest BCUT2D eigenvalue weighted by molar-refractivity contribution is -0.123. The third kappa shape index (κ3) is 3.90. The molecule has 158 valence electrons. The van der Waals surface area contributed by atoms with E-state index < -0.39 is 27.2 Å². The Labute approximate surface area is 171 Å². The molecule has 2 aromatic carbocycles. The van der Waals surface area contributed by atoms with Crippen molar-refractivity contribution in [2.24, 2.45) is 0 Å². The number of methoxy groups -OCH3 is 1. The number of rotatable bonds is 5. The molecule has 0 unspecified atom stereocenters. The summed E-state index contributed by atoms with van der Waals surface area (Å²) in [5.74, 6) is -0.249. The molecule has 0 aliphatic carbocycles. The second-order valence-corrected chi connectivity index (χ2v) is 9.29. The first-order chi connectivity index (χ1) is 14.3. The fraction of sp³-hybridized carbons (Fsp3) is 0.300. The van der Waals surface area contributed by atoms with Crippen LogP contribution in [0.25, 0.3) is 21.9 Å². The van der Waals surface area contributed by atoms with Crippen LogP contribution in [0.5, 0.6) is 17.2 Å². The maximum absolute atomic E-state index is 12.8. The molecular weight excluding hydrogens is 414 g/mol. The average Bonchev–Trinajstić information content (AvgIpc) is 3.04. The van der Waals surface area contributed by atoms with Gasteiger partial charge in [-0.05, 0) is 24.6 Å². The minimum atomic E-state index is -3.10. The number of aromatic hydroxyl groups is 1. The zero-order valence-electron chi connectivity index (χ0n) is 16.0. The molecule has 3 aromatic rings. The van der Waals surface area contributed by atoms with Crippen LogP contribution >= 0.6 is 0 Å². The molecule has 0 bridgehead atoms. The number of nitrogens with one attached hydrogen (secondary N) is 1. The molecule has 4 rings (SSSR count). The van der Waals surface area contributed by atoms with E-state index in [4.69, 9.17) is 13.9 Å². The zero-order valence-corrected chi connectivity index (χ0v) is 16.8. The number of ether oxygens (including phenoxy) is 2. The van der Waals surface area contributed by atoms with Crippen molar-refractivity contribution in [1.82, 2.24) is 5.32 Å². The molecule has 1 aliphatic rings. The van der Waals surface area contributed by atoms with E-state index in [1.807, 2.05) is 0 Å². The molecule has 30 heavy (non-hydrogen) atoms. The third-order valence-electron chi connectivity index (χ3n) is 4.90. The summed E-state index contributed by atoms with van der Waals surface area (Å²) in [6.07, 6.45) is 0.369. The molecule has 1 amide bonds. The first-order valence-electron chi connectivity index (χ1n) is 9.16. The van der Waals surface area contributed by atoms with E-state index in [9.17, 15) is 23.1 Å². The number of fused-ring (bicyclic) bond motifs is 2. The van der Waals surface area contributed by atoms with Crippen LogP contribution in [0.4, 0.5) is 0 Å². The van der Waals surface area contributed by atoms with Gasteiger partial charge < -0.3 is 24.3 Å². The monoisotopic (exact) mass is 433 g/mol. The van der Waals surface area contributed by atoms with Crippen LogP contribution in [0.2, 0.25) is 0 Å². The Morgan fingerprint density at radius 3 is 2.73 bits per heavy atom. The third-order valence-corrected chi connectivity index (χ3v) is 6.67. The van der Waals surface area contributed by atoms with Gasteiger partial charge in [-0.1, -0.05) is 0 Å². The average molecular weight is 433 g/mol. The van der Waals surface area contributed by atoms with Crippen molar-refractivity contribution in [2.75, 3.05) is 25.2 Å². The SMILES string of the molecule is COc1ccc2oc3cc(OCC(=O)N[C@H]4CCS(=O)(=O)C4)cc(O)c3c(=O)c2c1. The van der Waals surface area contributed by atoms with Crippen LogP contribution in [-0.4, -0.2) is 50.7 Å². The summed E-state index contributed by atoms with van der Waals surface area (Å²) in [6, 6.07) is 6.95. The lowest BCUT2D eigenvalue weighted by atomic mass is 10.1. The zero-order chi connectivity index (χ0) is 21.5. The summed E-state index contributed by atoms with van der Waals surface area (Å²) in [5, 5.41) is 13.2. The van der Waals surface area contributed by atoms with E-state index in [0.717, 1.165) is 0 Å². The van der Waals surface area contributed by atoms with Gasteiger partial charge in [0.2, 0.25) is 5.43 Å². The Morgan fingerprint density at radius 2 is 2.03 bits per heavy atom. The summed E-state index contributed by atoms with van der Waals surface area (Å²) in [6.45, 7) is -0.378. The van der Waals surface area contributed by atoms with Crippen molar-refractivity contribution in [2.45, 2.75) is 12.5 Å². The van der Waals surface area contributed by atoms with E-state index in [1.54, 1.807) is 12.1 Å². The van der Waals surface area contributed by atoms with Gasteiger partial charge in [0, 0.05) is 18.2 Å². The van der Waals surface area contributed by atoms with E-state index in [2.05, 4.69) is 5.32 Å². The fourth-order valence-electron chi connectivity index (χ4n) is 3.45. The number of hydrogen-bond acceptors (Lipinski definition) is 8. The van der Waals surface area contributed by atoms with Crippen LogP contribution in [0.3, 0.4) is 0 Å². The van der Waals surface area contributed by atoms with Gasteiger partial charge in [0.25, 0.3) is 5.91 Å². The van der Waals surface area contributed by atoms with Gasteiger partial charge in [0.05, 0.1) is 24.0 Å². The van der Waals surface area contributed by atoms with E-state index in [-0.39, 0.29) is 46.0 Å². The Morgan fingerprint density at radius 1 is 1.23 bits per heavy atom. The standard InChI is InChI=1S/C20H19NO8S/c1-27-12-2-3-16-14(6-12)20(24)19-15(22)7-13(8-17(19)29-16)28-9-18(23)21-11-4-5-30(25,26)10-11/h2-3,6-8,11,22H,4-5,9-10H2,1H3,(H,21,23)/t11-/m0/s1. The summed E-state index contributed by atoms with van der Waals surface area (Å²) < 4.78 is 39.2. The number of amides is 1. The van der Waals surface area contributed by atoms with Gasteiger partial charge in [0.15, 0.2) is 16.4 Å². The van der Waals surface area contributed by atoms with Gasteiger partial charge in [-0.25, -0.2) is 8.42 Å². The number of phenolic OH excluding ortho intramolecular Hbond substituents is 1. The maximum atomic E-state index is 12.8. The van der Waals surface area contributed by atoms with E-state index in [1.165, 1.54) is 25.3 Å². The largest absolute Gasteiger partial charge is 0.507 e. The van der Waals surface area contributed by atoms with Crippen molar-refractivity contribution in [3.63, 3.8) is 0 Å². The van der Waals surface area contributed by atoms with Crippen molar-refractivity contribution in [3.05, 3.63) is 40.6 Å². The van der Waals surface area contributed by atoms with Gasteiger partial charge >= 0.3 is 0 Å². The normalized spacial score (nSPS) is 17.8. The van der Waals surface area contributed by atoms with Crippen LogP contribution in [0.15, 0.2) is 39.5 Å². The molecule has 0 saturated carbocycles. The molecule has 10 heteroatoms.